The second-order valence-corrected chi connectivity index (χ2v) is 4.04. The first-order valence-electron chi connectivity index (χ1n) is 4.88. The molecule has 5 N–H and O–H groups in total. The number of aliphatic hydroxyl groups excluding tert-OH is 1. The average molecular weight is 211 g/mol. The highest BCUT2D eigenvalue weighted by Gasteiger charge is 2.20. The highest BCUT2D eigenvalue weighted by atomic mass is 16.3. The highest BCUT2D eigenvalue weighted by Crippen LogP contribution is 2.27. The van der Waals surface area contributed by atoms with Gasteiger partial charge in [0.05, 0.1) is 12.1 Å². The molecule has 0 fully saturated rings. The SMILES string of the molecule is CC(C)[C@@H](O)[C@@H](N)c1cc(O)cc(O)c1. The van der Waals surface area contributed by atoms with Crippen LogP contribution >= 0.6 is 0 Å². The lowest BCUT2D eigenvalue weighted by Crippen LogP contribution is -2.30. The predicted octanol–water partition coefficient (Wildman–Crippen LogP) is 1.11. The monoisotopic (exact) mass is 211 g/mol. The van der Waals surface area contributed by atoms with Crippen LogP contribution in [0.2, 0.25) is 0 Å². The summed E-state index contributed by atoms with van der Waals surface area (Å²) < 4.78 is 0. The molecule has 1 rings (SSSR count). The van der Waals surface area contributed by atoms with Gasteiger partial charge in [-0.05, 0) is 23.6 Å². The zero-order valence-electron chi connectivity index (χ0n) is 8.88. The number of rotatable bonds is 3. The largest absolute Gasteiger partial charge is 0.508 e. The minimum Gasteiger partial charge on any atom is -0.508 e. The van der Waals surface area contributed by atoms with E-state index in [9.17, 15) is 15.3 Å². The Morgan fingerprint density at radius 3 is 1.93 bits per heavy atom. The molecule has 0 saturated heterocycles. The van der Waals surface area contributed by atoms with Crippen molar-refractivity contribution in [3.63, 3.8) is 0 Å². The first-order chi connectivity index (χ1) is 6.91. The fourth-order valence-electron chi connectivity index (χ4n) is 1.42. The number of phenols is 2. The lowest BCUT2D eigenvalue weighted by molar-refractivity contribution is 0.0978. The van der Waals surface area contributed by atoms with Crippen molar-refractivity contribution < 1.29 is 15.3 Å². The standard InChI is InChI=1S/C11H17NO3/c1-6(2)11(15)10(12)7-3-8(13)5-9(14)4-7/h3-6,10-11,13-15H,12H2,1-2H3/t10-,11+/m0/s1. The minimum absolute atomic E-state index is 0.0180. The van der Waals surface area contributed by atoms with Crippen molar-refractivity contribution in [3.8, 4) is 11.5 Å². The van der Waals surface area contributed by atoms with E-state index < -0.39 is 12.1 Å². The third-order valence-electron chi connectivity index (χ3n) is 2.36. The molecule has 0 unspecified atom stereocenters. The third-order valence-corrected chi connectivity index (χ3v) is 2.36. The number of phenolic OH excluding ortho intramolecular Hbond substituents is 2. The number of aromatic hydroxyl groups is 2. The fourth-order valence-corrected chi connectivity index (χ4v) is 1.42. The molecule has 0 aliphatic carbocycles. The summed E-state index contributed by atoms with van der Waals surface area (Å²) in [6, 6.07) is 3.49. The van der Waals surface area contributed by atoms with Gasteiger partial charge < -0.3 is 21.1 Å². The van der Waals surface area contributed by atoms with Crippen LogP contribution in [0, 0.1) is 5.92 Å². The van der Waals surface area contributed by atoms with E-state index in [1.54, 1.807) is 0 Å². The van der Waals surface area contributed by atoms with Crippen molar-refractivity contribution in [3.05, 3.63) is 23.8 Å². The van der Waals surface area contributed by atoms with Gasteiger partial charge in [0.25, 0.3) is 0 Å². The van der Waals surface area contributed by atoms with E-state index in [1.165, 1.54) is 18.2 Å². The second-order valence-electron chi connectivity index (χ2n) is 4.04. The van der Waals surface area contributed by atoms with Gasteiger partial charge in [0, 0.05) is 6.07 Å². The lowest BCUT2D eigenvalue weighted by atomic mass is 9.94. The van der Waals surface area contributed by atoms with Crippen LogP contribution in [-0.4, -0.2) is 21.4 Å². The Balaban J connectivity index is 2.95. The molecule has 4 nitrogen and oxygen atoms in total. The summed E-state index contributed by atoms with van der Waals surface area (Å²) in [7, 11) is 0. The van der Waals surface area contributed by atoms with Gasteiger partial charge in [-0.2, -0.15) is 0 Å². The molecule has 0 heterocycles. The first-order valence-corrected chi connectivity index (χ1v) is 4.88. The Hall–Kier alpha value is -1.26. The molecule has 0 radical (unpaired) electrons. The van der Waals surface area contributed by atoms with E-state index in [-0.39, 0.29) is 17.4 Å². The van der Waals surface area contributed by atoms with Gasteiger partial charge in [-0.25, -0.2) is 0 Å². The number of benzene rings is 1. The molecule has 0 aromatic heterocycles. The van der Waals surface area contributed by atoms with Gasteiger partial charge in [0.2, 0.25) is 0 Å². The normalized spacial score (nSPS) is 15.3. The van der Waals surface area contributed by atoms with Crippen molar-refractivity contribution in [2.24, 2.45) is 11.7 Å². The molecule has 0 bridgehead atoms. The molecule has 0 amide bonds. The van der Waals surface area contributed by atoms with E-state index >= 15 is 0 Å². The van der Waals surface area contributed by atoms with Crippen LogP contribution in [-0.2, 0) is 0 Å². The molecule has 2 atom stereocenters. The molecule has 0 aliphatic rings. The van der Waals surface area contributed by atoms with Gasteiger partial charge in [-0.1, -0.05) is 13.8 Å². The topological polar surface area (TPSA) is 86.7 Å². The minimum atomic E-state index is -0.703. The smallest absolute Gasteiger partial charge is 0.119 e. The van der Waals surface area contributed by atoms with Crippen LogP contribution < -0.4 is 5.73 Å². The van der Waals surface area contributed by atoms with Gasteiger partial charge in [-0.15, -0.1) is 0 Å². The zero-order valence-corrected chi connectivity index (χ0v) is 8.88. The van der Waals surface area contributed by atoms with Crippen LogP contribution in [0.5, 0.6) is 11.5 Å². The summed E-state index contributed by atoms with van der Waals surface area (Å²) in [4.78, 5) is 0. The maximum absolute atomic E-state index is 9.74. The molecule has 84 valence electrons. The summed E-state index contributed by atoms with van der Waals surface area (Å²) in [5.74, 6) is -0.0997. The van der Waals surface area contributed by atoms with Crippen molar-refractivity contribution >= 4 is 0 Å². The lowest BCUT2D eigenvalue weighted by Gasteiger charge is -2.22. The number of nitrogens with two attached hydrogens (primary N) is 1. The second kappa shape index (κ2) is 4.51. The maximum Gasteiger partial charge on any atom is 0.119 e. The molecule has 1 aromatic carbocycles. The molecule has 0 aliphatic heterocycles. The number of aliphatic hydroxyl groups is 1. The molecule has 0 saturated carbocycles. The fraction of sp³-hybridized carbons (Fsp3) is 0.455. The molecule has 0 spiro atoms. The summed E-state index contributed by atoms with van der Waals surface area (Å²) in [6.07, 6.45) is -0.703. The summed E-state index contributed by atoms with van der Waals surface area (Å²) in [5, 5.41) is 28.3. The van der Waals surface area contributed by atoms with Crippen molar-refractivity contribution in [2.45, 2.75) is 26.0 Å². The van der Waals surface area contributed by atoms with Gasteiger partial charge >= 0.3 is 0 Å². The van der Waals surface area contributed by atoms with Crippen LogP contribution in [0.15, 0.2) is 18.2 Å². The Kier molecular flexibility index (Phi) is 3.55. The number of hydrogen-bond acceptors (Lipinski definition) is 4. The summed E-state index contributed by atoms with van der Waals surface area (Å²) >= 11 is 0. The first kappa shape index (κ1) is 11.8. The van der Waals surface area contributed by atoms with Crippen LogP contribution in [0.3, 0.4) is 0 Å². The Morgan fingerprint density at radius 1 is 1.07 bits per heavy atom. The Bertz CT molecular complexity index is 318. The Labute approximate surface area is 89.0 Å². The Morgan fingerprint density at radius 2 is 1.53 bits per heavy atom. The van der Waals surface area contributed by atoms with Crippen LogP contribution in [0.25, 0.3) is 0 Å². The van der Waals surface area contributed by atoms with Crippen LogP contribution in [0.1, 0.15) is 25.5 Å². The van der Waals surface area contributed by atoms with Crippen LogP contribution in [0.4, 0.5) is 0 Å². The van der Waals surface area contributed by atoms with Crippen molar-refractivity contribution in [1.29, 1.82) is 0 Å². The summed E-state index contributed by atoms with van der Waals surface area (Å²) in [5.41, 5.74) is 6.33. The third kappa shape index (κ3) is 2.84. The average Bonchev–Trinajstić information content (AvgIpc) is 2.13. The van der Waals surface area contributed by atoms with E-state index in [4.69, 9.17) is 5.73 Å². The van der Waals surface area contributed by atoms with E-state index in [0.717, 1.165) is 0 Å². The van der Waals surface area contributed by atoms with Crippen molar-refractivity contribution in [2.75, 3.05) is 0 Å². The van der Waals surface area contributed by atoms with E-state index in [0.29, 0.717) is 5.56 Å². The molecule has 4 heteroatoms. The van der Waals surface area contributed by atoms with Crippen molar-refractivity contribution in [1.82, 2.24) is 0 Å². The quantitative estimate of drug-likeness (QED) is 0.603. The molecule has 1 aromatic rings. The summed E-state index contributed by atoms with van der Waals surface area (Å²) in [6.45, 7) is 3.71. The molecular formula is C11H17NO3. The van der Waals surface area contributed by atoms with E-state index in [2.05, 4.69) is 0 Å². The van der Waals surface area contributed by atoms with Gasteiger partial charge in [-0.3, -0.25) is 0 Å². The predicted molar refractivity (Wildman–Crippen MR) is 57.5 cm³/mol. The molecule has 15 heavy (non-hydrogen) atoms. The maximum atomic E-state index is 9.74. The molecular weight excluding hydrogens is 194 g/mol. The highest BCUT2D eigenvalue weighted by molar-refractivity contribution is 5.38. The van der Waals surface area contributed by atoms with E-state index in [1.807, 2.05) is 13.8 Å². The zero-order chi connectivity index (χ0) is 11.6. The van der Waals surface area contributed by atoms with Gasteiger partial charge in [0.1, 0.15) is 11.5 Å². The van der Waals surface area contributed by atoms with Gasteiger partial charge in [0.15, 0.2) is 0 Å². The number of hydrogen-bond donors (Lipinski definition) is 4.